The Balaban J connectivity index is 2.30. The van der Waals surface area contributed by atoms with Crippen molar-refractivity contribution in [3.05, 3.63) is 41.1 Å². The molecule has 1 amide bonds. The third-order valence-electron chi connectivity index (χ3n) is 1.97. The van der Waals surface area contributed by atoms with E-state index in [0.29, 0.717) is 0 Å². The molecular weight excluding hydrogens is 170 g/mol. The van der Waals surface area contributed by atoms with Crippen LogP contribution in [-0.4, -0.2) is 5.91 Å². The van der Waals surface area contributed by atoms with Gasteiger partial charge in [0.15, 0.2) is 0 Å². The van der Waals surface area contributed by atoms with Crippen molar-refractivity contribution in [2.75, 3.05) is 0 Å². The van der Waals surface area contributed by atoms with Crippen LogP contribution in [0.2, 0.25) is 0 Å². The summed E-state index contributed by atoms with van der Waals surface area (Å²) >= 11 is 0. The Morgan fingerprint density at radius 2 is 2.00 bits per heavy atom. The maximum Gasteiger partial charge on any atom is 0.303 e. The van der Waals surface area contributed by atoms with Gasteiger partial charge in [-0.2, -0.15) is 0 Å². The molecule has 5 nitrogen and oxygen atoms in total. The summed E-state index contributed by atoms with van der Waals surface area (Å²) in [4.78, 5) is 11.2. The summed E-state index contributed by atoms with van der Waals surface area (Å²) in [6, 6.07) is 8.27. The van der Waals surface area contributed by atoms with E-state index >= 15 is 0 Å². The van der Waals surface area contributed by atoms with Gasteiger partial charge in [0.25, 0.3) is 0 Å². The molecule has 0 radical (unpaired) electrons. The van der Waals surface area contributed by atoms with E-state index < -0.39 is 6.04 Å². The van der Waals surface area contributed by atoms with Crippen molar-refractivity contribution in [2.45, 2.75) is 6.04 Å². The zero-order valence-electron chi connectivity index (χ0n) is 6.78. The largest absolute Gasteiger partial charge is 0.611 e. The molecule has 0 bridgehead atoms. The fraction of sp³-hybridized carbons (Fsp3) is 0.125. The van der Waals surface area contributed by atoms with E-state index in [1.54, 1.807) is 24.3 Å². The number of carbonyl (C=O) groups is 1. The van der Waals surface area contributed by atoms with Crippen LogP contribution < -0.4 is 16.1 Å². The summed E-state index contributed by atoms with van der Waals surface area (Å²) in [5, 5.41) is 10.9. The number of benzene rings is 1. The smallest absolute Gasteiger partial charge is 0.303 e. The molecule has 2 unspecified atom stereocenters. The third-order valence-corrected chi connectivity index (χ3v) is 1.97. The molecule has 2 rings (SSSR count). The van der Waals surface area contributed by atoms with Gasteiger partial charge in [-0.3, -0.25) is 9.97 Å². The first kappa shape index (κ1) is 8.18. The molecule has 1 aliphatic heterocycles. The van der Waals surface area contributed by atoms with E-state index in [0.717, 1.165) is 5.56 Å². The second-order valence-corrected chi connectivity index (χ2v) is 2.82. The predicted octanol–water partition coefficient (Wildman–Crippen LogP) is -1.34. The molecule has 1 saturated heterocycles. The van der Waals surface area contributed by atoms with Crippen molar-refractivity contribution in [3.63, 3.8) is 0 Å². The lowest BCUT2D eigenvalue weighted by Crippen LogP contribution is -3.12. The quantitative estimate of drug-likeness (QED) is 0.467. The number of hydrazine groups is 1. The SMILES string of the molecule is O=C1NN[NH+]([O-])C1c1ccccc1. The molecule has 1 aliphatic rings. The topological polar surface area (TPSA) is 68.6 Å². The molecule has 0 spiro atoms. The molecule has 3 N–H and O–H groups in total. The number of hydroxylamine groups is 1. The molecule has 1 aromatic carbocycles. The van der Waals surface area contributed by atoms with Crippen LogP contribution in [0.15, 0.2) is 30.3 Å². The van der Waals surface area contributed by atoms with Gasteiger partial charge in [0, 0.05) is 5.56 Å². The highest BCUT2D eigenvalue weighted by Crippen LogP contribution is 2.09. The molecule has 5 heteroatoms. The van der Waals surface area contributed by atoms with Crippen molar-refractivity contribution in [2.24, 2.45) is 0 Å². The fourth-order valence-electron chi connectivity index (χ4n) is 1.33. The number of amides is 1. The van der Waals surface area contributed by atoms with E-state index in [1.165, 1.54) is 0 Å². The second-order valence-electron chi connectivity index (χ2n) is 2.82. The normalized spacial score (nSPS) is 27.3. The van der Waals surface area contributed by atoms with E-state index in [4.69, 9.17) is 0 Å². The molecule has 1 aromatic rings. The van der Waals surface area contributed by atoms with Crippen molar-refractivity contribution >= 4 is 5.91 Å². The molecule has 68 valence electrons. The lowest BCUT2D eigenvalue weighted by molar-refractivity contribution is -0.911. The maximum absolute atomic E-state index is 11.2. The van der Waals surface area contributed by atoms with Gasteiger partial charge in [-0.15, -0.1) is 0 Å². The van der Waals surface area contributed by atoms with Gasteiger partial charge < -0.3 is 5.21 Å². The number of hydrogen-bond acceptors (Lipinski definition) is 3. The molecular formula is C8H9N3O2. The minimum absolute atomic E-state index is 0.295. The molecule has 0 aliphatic carbocycles. The average molecular weight is 179 g/mol. The highest BCUT2D eigenvalue weighted by molar-refractivity contribution is 5.82. The van der Waals surface area contributed by atoms with Gasteiger partial charge >= 0.3 is 5.91 Å². The van der Waals surface area contributed by atoms with Crippen LogP contribution >= 0.6 is 0 Å². The van der Waals surface area contributed by atoms with Gasteiger partial charge in [-0.05, 0) is 0 Å². The monoisotopic (exact) mass is 179 g/mol. The number of quaternary nitrogens is 1. The van der Waals surface area contributed by atoms with Crippen molar-refractivity contribution in [1.29, 1.82) is 0 Å². The fourth-order valence-corrected chi connectivity index (χ4v) is 1.33. The summed E-state index contributed by atoms with van der Waals surface area (Å²) in [7, 11) is 0. The molecule has 0 aromatic heterocycles. The Hall–Kier alpha value is -1.43. The van der Waals surface area contributed by atoms with Crippen LogP contribution in [0.3, 0.4) is 0 Å². The van der Waals surface area contributed by atoms with Gasteiger partial charge in [0.05, 0.1) is 0 Å². The minimum atomic E-state index is -0.693. The van der Waals surface area contributed by atoms with Crippen LogP contribution in [-0.2, 0) is 4.79 Å². The highest BCUT2D eigenvalue weighted by Gasteiger charge is 2.33. The Bertz CT molecular complexity index is 314. The lowest BCUT2D eigenvalue weighted by Gasteiger charge is -2.19. The van der Waals surface area contributed by atoms with E-state index in [9.17, 15) is 10.0 Å². The zero-order valence-corrected chi connectivity index (χ0v) is 6.78. The van der Waals surface area contributed by atoms with Gasteiger partial charge in [-0.25, -0.2) is 5.43 Å². The first-order chi connectivity index (χ1) is 6.29. The number of hydrogen-bond donors (Lipinski definition) is 3. The van der Waals surface area contributed by atoms with E-state index in [1.807, 2.05) is 6.07 Å². The maximum atomic E-state index is 11.2. The van der Waals surface area contributed by atoms with Crippen LogP contribution in [0.25, 0.3) is 0 Å². The molecule has 1 fully saturated rings. The third kappa shape index (κ3) is 1.40. The zero-order chi connectivity index (χ0) is 9.26. The van der Waals surface area contributed by atoms with Crippen LogP contribution in [0.5, 0.6) is 0 Å². The van der Waals surface area contributed by atoms with Crippen molar-refractivity contribution in [3.8, 4) is 0 Å². The van der Waals surface area contributed by atoms with Gasteiger partial charge in [-0.1, -0.05) is 35.9 Å². The first-order valence-corrected chi connectivity index (χ1v) is 3.93. The van der Waals surface area contributed by atoms with E-state index in [-0.39, 0.29) is 11.1 Å². The van der Waals surface area contributed by atoms with Crippen molar-refractivity contribution in [1.82, 2.24) is 11.0 Å². The van der Waals surface area contributed by atoms with Crippen LogP contribution in [0.1, 0.15) is 11.6 Å². The predicted molar refractivity (Wildman–Crippen MR) is 44.8 cm³/mol. The summed E-state index contributed by atoms with van der Waals surface area (Å²) in [6.45, 7) is 0. The average Bonchev–Trinajstić information content (AvgIpc) is 2.48. The minimum Gasteiger partial charge on any atom is -0.611 e. The van der Waals surface area contributed by atoms with Crippen molar-refractivity contribution < 1.29 is 9.97 Å². The molecule has 2 atom stereocenters. The Morgan fingerprint density at radius 1 is 1.31 bits per heavy atom. The molecule has 1 heterocycles. The van der Waals surface area contributed by atoms with Crippen LogP contribution in [0, 0.1) is 5.21 Å². The summed E-state index contributed by atoms with van der Waals surface area (Å²) < 4.78 is 0. The van der Waals surface area contributed by atoms with Crippen LogP contribution in [0.4, 0.5) is 0 Å². The molecule has 0 saturated carbocycles. The number of nitrogens with one attached hydrogen (secondary N) is 3. The van der Waals surface area contributed by atoms with E-state index in [2.05, 4.69) is 11.0 Å². The second kappa shape index (κ2) is 3.14. The number of carbonyl (C=O) groups excluding carboxylic acids is 1. The Morgan fingerprint density at radius 3 is 2.54 bits per heavy atom. The Labute approximate surface area is 74.9 Å². The highest BCUT2D eigenvalue weighted by atomic mass is 16.6. The number of rotatable bonds is 1. The lowest BCUT2D eigenvalue weighted by atomic mass is 10.1. The summed E-state index contributed by atoms with van der Waals surface area (Å²) in [5.41, 5.74) is 5.28. The first-order valence-electron chi connectivity index (χ1n) is 3.93. The summed E-state index contributed by atoms with van der Waals surface area (Å²) in [6.07, 6.45) is 0. The Kier molecular flexibility index (Phi) is 1.97. The summed E-state index contributed by atoms with van der Waals surface area (Å²) in [5.74, 6) is -0.295. The standard InChI is InChI=1S/C8H9N3O2/c12-8-7(11(13)10-9-8)6-4-2-1-3-5-6/h1-5,7,10-11H,(H,9,12). The molecule has 13 heavy (non-hydrogen) atoms. The van der Waals surface area contributed by atoms with Gasteiger partial charge in [0.1, 0.15) is 0 Å². The van der Waals surface area contributed by atoms with Gasteiger partial charge in [0.2, 0.25) is 6.04 Å².